The molecule has 4 heterocycles. The van der Waals surface area contributed by atoms with Crippen LogP contribution in [0, 0.1) is 10.1 Å². The van der Waals surface area contributed by atoms with Crippen molar-refractivity contribution in [1.82, 2.24) is 9.80 Å². The van der Waals surface area contributed by atoms with Crippen molar-refractivity contribution in [3.05, 3.63) is 105 Å². The quantitative estimate of drug-likeness (QED) is 0.0628. The van der Waals surface area contributed by atoms with Crippen molar-refractivity contribution in [2.24, 2.45) is 20.0 Å². The molecule has 4 aromatic carbocycles. The van der Waals surface area contributed by atoms with E-state index in [0.29, 0.717) is 47.9 Å². The molecule has 0 unspecified atom stereocenters. The number of benzene rings is 4. The van der Waals surface area contributed by atoms with Crippen LogP contribution in [0.4, 0.5) is 22.7 Å². The van der Waals surface area contributed by atoms with Gasteiger partial charge in [0.05, 0.1) is 70.8 Å². The van der Waals surface area contributed by atoms with E-state index in [9.17, 15) is 26.9 Å². The molecule has 0 saturated heterocycles. The molecule has 0 aromatic heterocycles. The van der Waals surface area contributed by atoms with Crippen LogP contribution in [0.15, 0.2) is 92.8 Å². The Labute approximate surface area is 371 Å². The van der Waals surface area contributed by atoms with E-state index < -0.39 is 30.4 Å². The summed E-state index contributed by atoms with van der Waals surface area (Å²) in [7, 11) is -6.64. The molecule has 0 fully saturated rings. The Bertz CT molecular complexity index is 2640. The Hall–Kier alpha value is -5.66. The van der Waals surface area contributed by atoms with E-state index in [4.69, 9.17) is 20.3 Å². The minimum Gasteiger partial charge on any atom is -0.455 e. The predicted molar refractivity (Wildman–Crippen MR) is 238 cm³/mol. The van der Waals surface area contributed by atoms with Gasteiger partial charge in [0.2, 0.25) is 5.75 Å². The molecule has 4 aromatic rings. The molecule has 4 aliphatic heterocycles. The van der Waals surface area contributed by atoms with Crippen LogP contribution in [-0.2, 0) is 48.2 Å². The normalized spacial score (nSPS) is 14.3. The minimum atomic E-state index is -3.45. The molecule has 0 radical (unpaired) electrons. The van der Waals surface area contributed by atoms with E-state index in [1.165, 1.54) is 12.1 Å². The topological polar surface area (TPSA) is 232 Å². The van der Waals surface area contributed by atoms with Crippen LogP contribution >= 0.6 is 0 Å². The number of nitrogen functional groups attached to an aromatic ring is 1. The molecule has 330 valence electrons. The second kappa shape index (κ2) is 20.9. The molecule has 4 aliphatic rings. The summed E-state index contributed by atoms with van der Waals surface area (Å²) in [6.07, 6.45) is 4.56. The number of ether oxygens (including phenoxy) is 2. The van der Waals surface area contributed by atoms with Crippen LogP contribution in [0.1, 0.15) is 55.9 Å². The summed E-state index contributed by atoms with van der Waals surface area (Å²) in [5.74, 6) is 2.72. The summed E-state index contributed by atoms with van der Waals surface area (Å²) in [5, 5.41) is 19.3. The summed E-state index contributed by atoms with van der Waals surface area (Å²) in [6.45, 7) is 8.52. The van der Waals surface area contributed by atoms with Gasteiger partial charge in [-0.25, -0.2) is 26.8 Å². The molecular weight excluding hydrogens is 880 g/mol. The number of sulfone groups is 2. The first kappa shape index (κ1) is 47.4. The molecule has 0 bridgehead atoms. The van der Waals surface area contributed by atoms with Crippen molar-refractivity contribution in [3.8, 4) is 23.0 Å². The van der Waals surface area contributed by atoms with Gasteiger partial charge in [0.1, 0.15) is 23.2 Å². The molecule has 0 saturated carbocycles. The van der Waals surface area contributed by atoms with Crippen molar-refractivity contribution in [2.45, 2.75) is 45.1 Å². The van der Waals surface area contributed by atoms with E-state index >= 15 is 0 Å². The largest absolute Gasteiger partial charge is 0.455 e. The molecule has 0 atom stereocenters. The maximum Gasteiger partial charge on any atom is 0.315 e. The molecule has 17 nitrogen and oxygen atoms in total. The van der Waals surface area contributed by atoms with Gasteiger partial charge >= 0.3 is 5.69 Å². The number of nitro groups is 1. The standard InChI is InChI=1S/C20H20N4O5S.C20H22N4O3S.C2H6O.Fe/c1-2-10-30(27,28)12-14-4-3-5-18(19(14)24(25)26)29-15-6-7-17-16(11-15)20-21-8-9-23(20)13-22-17;1-2-10-28(25,26)12-14-4-3-5-18(19(14)21)27-15-6-7-17-16(11-15)20-22-8-9-24(20)13-23-17;1-2-3;/h3-7,11,13H,2,8-10,12H2,1H3;3-7,11,13H,2,8-10,12,21H2,1H3;3H,2H2,1H3;. The third kappa shape index (κ3) is 11.4. The number of aliphatic imine (C=N–C) groups is 4. The number of aliphatic hydroxyl groups excluding tert-OH is 1. The Morgan fingerprint density at radius 2 is 1.18 bits per heavy atom. The number of nitrogens with two attached hydrogens (primary N) is 1. The Morgan fingerprint density at radius 1 is 0.726 bits per heavy atom. The van der Waals surface area contributed by atoms with Crippen LogP contribution in [-0.4, -0.2) is 105 Å². The van der Waals surface area contributed by atoms with Gasteiger partial charge in [0.15, 0.2) is 25.4 Å². The van der Waals surface area contributed by atoms with E-state index in [1.807, 2.05) is 34.9 Å². The van der Waals surface area contributed by atoms with Crippen molar-refractivity contribution >= 4 is 66.8 Å². The third-order valence-electron chi connectivity index (χ3n) is 9.50. The molecule has 62 heavy (non-hydrogen) atoms. The number of nitro benzene ring substituents is 1. The number of para-hydroxylation sites is 2. The van der Waals surface area contributed by atoms with Gasteiger partial charge in [-0.2, -0.15) is 0 Å². The Kier molecular flexibility index (Phi) is 16.0. The van der Waals surface area contributed by atoms with Crippen molar-refractivity contribution in [2.75, 3.05) is 50.0 Å². The zero-order valence-corrected chi connectivity index (χ0v) is 37.2. The van der Waals surface area contributed by atoms with Gasteiger partial charge in [-0.15, -0.1) is 0 Å². The number of hydrogen-bond donors (Lipinski definition) is 2. The van der Waals surface area contributed by atoms with E-state index in [2.05, 4.69) is 20.0 Å². The fraction of sp³-hybridized carbons (Fsp3) is 0.333. The smallest absolute Gasteiger partial charge is 0.315 e. The van der Waals surface area contributed by atoms with Crippen LogP contribution < -0.4 is 15.2 Å². The maximum atomic E-state index is 12.2. The fourth-order valence-electron chi connectivity index (χ4n) is 6.90. The average Bonchev–Trinajstić information content (AvgIpc) is 3.91. The third-order valence-corrected chi connectivity index (χ3v) is 13.1. The number of anilines is 1. The first-order chi connectivity index (χ1) is 29.3. The van der Waals surface area contributed by atoms with Crippen LogP contribution in [0.5, 0.6) is 23.0 Å². The number of aliphatic hydroxyl groups is 1. The Morgan fingerprint density at radius 3 is 1.66 bits per heavy atom. The number of amidine groups is 2. The van der Waals surface area contributed by atoms with Crippen LogP contribution in [0.2, 0.25) is 0 Å². The van der Waals surface area contributed by atoms with E-state index in [1.54, 1.807) is 69.0 Å². The zero-order chi connectivity index (χ0) is 43.7. The van der Waals surface area contributed by atoms with Gasteiger partial charge in [0, 0.05) is 53.5 Å². The minimum absolute atomic E-state index is 0. The summed E-state index contributed by atoms with van der Waals surface area (Å²) in [6, 6.07) is 20.5. The van der Waals surface area contributed by atoms with Gasteiger partial charge in [-0.05, 0) is 73.9 Å². The predicted octanol–water partition coefficient (Wildman–Crippen LogP) is 6.57. The van der Waals surface area contributed by atoms with Crippen LogP contribution in [0.3, 0.4) is 0 Å². The number of nitrogens with zero attached hydrogens (tertiary/aromatic N) is 7. The number of hydrogen-bond acceptors (Lipinski definition) is 16. The first-order valence-corrected chi connectivity index (χ1v) is 23.4. The summed E-state index contributed by atoms with van der Waals surface area (Å²) in [4.78, 5) is 33.0. The first-order valence-electron chi connectivity index (χ1n) is 19.8. The monoisotopic (exact) mass is 928 g/mol. The summed E-state index contributed by atoms with van der Waals surface area (Å²) >= 11 is 0. The molecule has 20 heteroatoms. The fourth-order valence-corrected chi connectivity index (χ4v) is 9.87. The zero-order valence-electron chi connectivity index (χ0n) is 34.5. The van der Waals surface area contributed by atoms with Gasteiger partial charge < -0.3 is 30.1 Å². The summed E-state index contributed by atoms with van der Waals surface area (Å²) in [5.41, 5.74) is 10.2. The summed E-state index contributed by atoms with van der Waals surface area (Å²) < 4.78 is 60.6. The SMILES string of the molecule is CCCS(=O)(=O)Cc1cccc(Oc2ccc3c(c2)C2=NCCN2C=N3)c1N.CCCS(=O)(=O)Cc1cccc(Oc2ccc3c(c2)C2=NCCN2C=N3)c1[N+](=O)[O-].CCO.[Fe]. The van der Waals surface area contributed by atoms with Crippen molar-refractivity contribution in [1.29, 1.82) is 0 Å². The second-order valence-electron chi connectivity index (χ2n) is 14.2. The van der Waals surface area contributed by atoms with E-state index in [0.717, 1.165) is 53.8 Å². The molecule has 0 spiro atoms. The van der Waals surface area contributed by atoms with Crippen molar-refractivity contribution < 1.29 is 53.4 Å². The van der Waals surface area contributed by atoms with Gasteiger partial charge in [0.25, 0.3) is 0 Å². The molecular formula is C42H48FeN8O9S2. The van der Waals surface area contributed by atoms with Gasteiger partial charge in [-0.1, -0.05) is 38.1 Å². The van der Waals surface area contributed by atoms with Gasteiger partial charge in [-0.3, -0.25) is 20.1 Å². The second-order valence-corrected chi connectivity index (χ2v) is 18.6. The molecule has 0 aliphatic carbocycles. The number of rotatable bonds is 13. The molecule has 0 amide bonds. The molecule has 3 N–H and O–H groups in total. The van der Waals surface area contributed by atoms with Crippen molar-refractivity contribution in [3.63, 3.8) is 0 Å². The molecule has 8 rings (SSSR count). The number of fused-ring (bicyclic) bond motifs is 6. The van der Waals surface area contributed by atoms with Crippen LogP contribution in [0.25, 0.3) is 0 Å². The maximum absolute atomic E-state index is 12.2. The average molecular weight is 929 g/mol. The van der Waals surface area contributed by atoms with E-state index in [-0.39, 0.29) is 57.9 Å². The Balaban J connectivity index is 0.000000217.